The van der Waals surface area contributed by atoms with E-state index in [1.54, 1.807) is 24.3 Å². The van der Waals surface area contributed by atoms with E-state index in [9.17, 15) is 23.1 Å². The van der Waals surface area contributed by atoms with Gasteiger partial charge in [0.25, 0.3) is 0 Å². The zero-order chi connectivity index (χ0) is 16.3. The number of aliphatic hydroxyl groups excluding tert-OH is 1. The third-order valence-electron chi connectivity index (χ3n) is 3.72. The number of anilines is 1. The number of alkyl halides is 3. The van der Waals surface area contributed by atoms with Crippen molar-refractivity contribution in [2.45, 2.75) is 25.1 Å². The molecule has 0 bridgehead atoms. The number of carbonyl (C=O) groups is 1. The molecule has 1 aromatic carbocycles. The second-order valence-electron chi connectivity index (χ2n) is 5.22. The highest BCUT2D eigenvalue weighted by atomic mass is 35.5. The first-order chi connectivity index (χ1) is 10.3. The van der Waals surface area contributed by atoms with Crippen LogP contribution in [-0.2, 0) is 0 Å². The van der Waals surface area contributed by atoms with E-state index < -0.39 is 24.2 Å². The third kappa shape index (κ3) is 4.04. The van der Waals surface area contributed by atoms with Gasteiger partial charge in [0, 0.05) is 13.1 Å². The predicted molar refractivity (Wildman–Crippen MR) is 76.8 cm³/mol. The molecule has 0 spiro atoms. The van der Waals surface area contributed by atoms with Gasteiger partial charge in [-0.15, -0.1) is 0 Å². The zero-order valence-corrected chi connectivity index (χ0v) is 12.4. The first-order valence-electron chi connectivity index (χ1n) is 6.84. The van der Waals surface area contributed by atoms with Gasteiger partial charge in [-0.1, -0.05) is 23.7 Å². The summed E-state index contributed by atoms with van der Waals surface area (Å²) in [6.45, 7) is 0.322. The van der Waals surface area contributed by atoms with E-state index in [-0.39, 0.29) is 25.9 Å². The minimum absolute atomic E-state index is 0.108. The SMILES string of the molecule is O=C(Nc1ccccc1Cl)N1CCC(C(O)C(F)(F)F)CC1. The number of nitrogens with one attached hydrogen (secondary N) is 1. The fourth-order valence-electron chi connectivity index (χ4n) is 2.44. The van der Waals surface area contributed by atoms with Crippen molar-refractivity contribution in [3.63, 3.8) is 0 Å². The quantitative estimate of drug-likeness (QED) is 0.868. The number of benzene rings is 1. The van der Waals surface area contributed by atoms with Crippen LogP contribution in [0, 0.1) is 5.92 Å². The Morgan fingerprint density at radius 2 is 1.91 bits per heavy atom. The van der Waals surface area contributed by atoms with Crippen molar-refractivity contribution < 1.29 is 23.1 Å². The number of piperidine rings is 1. The van der Waals surface area contributed by atoms with Crippen LogP contribution in [0.4, 0.5) is 23.7 Å². The molecule has 1 unspecified atom stereocenters. The first-order valence-corrected chi connectivity index (χ1v) is 7.22. The molecule has 2 rings (SSSR count). The normalized spacial score (nSPS) is 18.1. The van der Waals surface area contributed by atoms with E-state index in [1.807, 2.05) is 0 Å². The van der Waals surface area contributed by atoms with Crippen LogP contribution in [0.25, 0.3) is 0 Å². The highest BCUT2D eigenvalue weighted by Crippen LogP contribution is 2.31. The molecule has 1 atom stereocenters. The number of urea groups is 1. The highest BCUT2D eigenvalue weighted by Gasteiger charge is 2.44. The summed E-state index contributed by atoms with van der Waals surface area (Å²) in [7, 11) is 0. The van der Waals surface area contributed by atoms with Crippen LogP contribution in [0.2, 0.25) is 5.02 Å². The van der Waals surface area contributed by atoms with Crippen molar-refractivity contribution in [1.82, 2.24) is 4.90 Å². The molecule has 0 aliphatic carbocycles. The molecule has 0 aromatic heterocycles. The summed E-state index contributed by atoms with van der Waals surface area (Å²) < 4.78 is 37.4. The molecule has 122 valence electrons. The maximum Gasteiger partial charge on any atom is 0.414 e. The van der Waals surface area contributed by atoms with E-state index in [0.717, 1.165) is 0 Å². The number of para-hydroxylation sites is 1. The second-order valence-corrected chi connectivity index (χ2v) is 5.63. The number of likely N-dealkylation sites (tertiary alicyclic amines) is 1. The number of amides is 2. The van der Waals surface area contributed by atoms with Gasteiger partial charge in [0.15, 0.2) is 6.10 Å². The average Bonchev–Trinajstić information content (AvgIpc) is 2.48. The Morgan fingerprint density at radius 1 is 1.32 bits per heavy atom. The maximum atomic E-state index is 12.5. The Labute approximate surface area is 130 Å². The van der Waals surface area contributed by atoms with Crippen LogP contribution in [0.1, 0.15) is 12.8 Å². The van der Waals surface area contributed by atoms with Gasteiger partial charge in [0.1, 0.15) is 0 Å². The van der Waals surface area contributed by atoms with Crippen molar-refractivity contribution in [3.05, 3.63) is 29.3 Å². The van der Waals surface area contributed by atoms with Gasteiger partial charge in [-0.3, -0.25) is 0 Å². The summed E-state index contributed by atoms with van der Waals surface area (Å²) in [6.07, 6.45) is -6.74. The van der Waals surface area contributed by atoms with Crippen molar-refractivity contribution in [1.29, 1.82) is 0 Å². The van der Waals surface area contributed by atoms with Crippen LogP contribution in [0.5, 0.6) is 0 Å². The number of hydrogen-bond donors (Lipinski definition) is 2. The minimum Gasteiger partial charge on any atom is -0.383 e. The molecule has 1 aromatic rings. The molecule has 1 aliphatic rings. The number of hydrogen-bond acceptors (Lipinski definition) is 2. The Bertz CT molecular complexity index is 531. The Kier molecular flexibility index (Phi) is 5.18. The molecule has 1 saturated heterocycles. The van der Waals surface area contributed by atoms with Crippen LogP contribution in [0.3, 0.4) is 0 Å². The first kappa shape index (κ1) is 16.9. The van der Waals surface area contributed by atoms with E-state index in [4.69, 9.17) is 11.6 Å². The number of nitrogens with zero attached hydrogens (tertiary/aromatic N) is 1. The molecule has 0 saturated carbocycles. The maximum absolute atomic E-state index is 12.5. The predicted octanol–water partition coefficient (Wildman–Crippen LogP) is 3.51. The van der Waals surface area contributed by atoms with Gasteiger partial charge in [0.05, 0.1) is 10.7 Å². The molecular weight excluding hydrogens is 321 g/mol. The fraction of sp³-hybridized carbons (Fsp3) is 0.500. The summed E-state index contributed by atoms with van der Waals surface area (Å²) in [5.41, 5.74) is 0.451. The van der Waals surface area contributed by atoms with Gasteiger partial charge >= 0.3 is 12.2 Å². The summed E-state index contributed by atoms with van der Waals surface area (Å²) in [6, 6.07) is 6.30. The molecule has 1 fully saturated rings. The lowest BCUT2D eigenvalue weighted by molar-refractivity contribution is -0.222. The minimum atomic E-state index is -4.62. The topological polar surface area (TPSA) is 52.6 Å². The number of halogens is 4. The zero-order valence-electron chi connectivity index (χ0n) is 11.6. The fourth-order valence-corrected chi connectivity index (χ4v) is 2.63. The van der Waals surface area contributed by atoms with Gasteiger partial charge in [-0.2, -0.15) is 13.2 Å². The molecule has 8 heteroatoms. The van der Waals surface area contributed by atoms with Crippen LogP contribution < -0.4 is 5.32 Å². The van der Waals surface area contributed by atoms with Gasteiger partial charge < -0.3 is 15.3 Å². The second kappa shape index (κ2) is 6.75. The van der Waals surface area contributed by atoms with Crippen molar-refractivity contribution in [2.24, 2.45) is 5.92 Å². The lowest BCUT2D eigenvalue weighted by Crippen LogP contribution is -2.46. The third-order valence-corrected chi connectivity index (χ3v) is 4.05. The molecule has 4 nitrogen and oxygen atoms in total. The van der Waals surface area contributed by atoms with Gasteiger partial charge in [-0.05, 0) is 30.9 Å². The van der Waals surface area contributed by atoms with Gasteiger partial charge in [0.2, 0.25) is 0 Å². The molecule has 2 amide bonds. The molecule has 2 N–H and O–H groups in total. The standard InChI is InChI=1S/C14H16ClF3N2O2/c15-10-3-1-2-4-11(10)19-13(22)20-7-5-9(6-8-20)12(21)14(16,17)18/h1-4,9,12,21H,5-8H2,(H,19,22). The van der Waals surface area contributed by atoms with E-state index in [2.05, 4.69) is 5.32 Å². The lowest BCUT2D eigenvalue weighted by atomic mass is 9.91. The summed E-state index contributed by atoms with van der Waals surface area (Å²) in [5.74, 6) is -0.871. The summed E-state index contributed by atoms with van der Waals surface area (Å²) >= 11 is 5.93. The van der Waals surface area contributed by atoms with E-state index in [1.165, 1.54) is 4.90 Å². The monoisotopic (exact) mass is 336 g/mol. The van der Waals surface area contributed by atoms with Crippen molar-refractivity contribution in [2.75, 3.05) is 18.4 Å². The smallest absolute Gasteiger partial charge is 0.383 e. The highest BCUT2D eigenvalue weighted by molar-refractivity contribution is 6.33. The van der Waals surface area contributed by atoms with Gasteiger partial charge in [-0.25, -0.2) is 4.79 Å². The van der Waals surface area contributed by atoms with E-state index >= 15 is 0 Å². The number of carbonyl (C=O) groups excluding carboxylic acids is 1. The molecule has 22 heavy (non-hydrogen) atoms. The van der Waals surface area contributed by atoms with Crippen LogP contribution in [0.15, 0.2) is 24.3 Å². The van der Waals surface area contributed by atoms with Crippen LogP contribution >= 0.6 is 11.6 Å². The largest absolute Gasteiger partial charge is 0.414 e. The molecule has 1 aliphatic heterocycles. The molecule has 1 heterocycles. The number of aliphatic hydroxyl groups is 1. The number of rotatable bonds is 2. The van der Waals surface area contributed by atoms with E-state index in [0.29, 0.717) is 10.7 Å². The Morgan fingerprint density at radius 3 is 2.45 bits per heavy atom. The Hall–Kier alpha value is -1.47. The summed E-state index contributed by atoms with van der Waals surface area (Å²) in [5, 5.41) is 12.3. The molecule has 0 radical (unpaired) electrons. The molecular formula is C14H16ClF3N2O2. The Balaban J connectivity index is 1.89. The summed E-state index contributed by atoms with van der Waals surface area (Å²) in [4.78, 5) is 13.5. The lowest BCUT2D eigenvalue weighted by Gasteiger charge is -2.34. The average molecular weight is 337 g/mol. The van der Waals surface area contributed by atoms with Crippen LogP contribution in [-0.4, -0.2) is 41.4 Å². The van der Waals surface area contributed by atoms with Crippen molar-refractivity contribution >= 4 is 23.3 Å². The van der Waals surface area contributed by atoms with Crippen molar-refractivity contribution in [3.8, 4) is 0 Å².